The van der Waals surface area contributed by atoms with E-state index in [9.17, 15) is 9.59 Å². The van der Waals surface area contributed by atoms with Crippen LogP contribution in [0.4, 0.5) is 5.69 Å². The van der Waals surface area contributed by atoms with E-state index in [1.807, 2.05) is 36.1 Å². The number of rotatable bonds is 6. The quantitative estimate of drug-likeness (QED) is 0.704. The molecule has 2 aromatic rings. The number of benzene rings is 1. The smallest absolute Gasteiger partial charge is 0.227 e. The first-order valence-corrected chi connectivity index (χ1v) is 10.3. The molecule has 0 unspecified atom stereocenters. The van der Waals surface area contributed by atoms with E-state index in [0.29, 0.717) is 49.7 Å². The number of nitrogens with one attached hydrogen (secondary N) is 1. The molecule has 1 aliphatic rings. The zero-order valence-corrected chi connectivity index (χ0v) is 17.4. The summed E-state index contributed by atoms with van der Waals surface area (Å²) in [5.41, 5.74) is 0.635. The zero-order valence-electron chi connectivity index (χ0n) is 15.9. The van der Waals surface area contributed by atoms with Gasteiger partial charge in [0, 0.05) is 36.0 Å². The maximum atomic E-state index is 12.5. The number of ether oxygens (including phenoxy) is 1. The van der Waals surface area contributed by atoms with Crippen molar-refractivity contribution in [2.24, 2.45) is 5.92 Å². The Kier molecular flexibility index (Phi) is 7.03. The van der Waals surface area contributed by atoms with Gasteiger partial charge in [0.05, 0.1) is 11.9 Å². The van der Waals surface area contributed by atoms with Crippen LogP contribution >= 0.6 is 15.9 Å². The Morgan fingerprint density at radius 2 is 2.04 bits per heavy atom. The average molecular weight is 446 g/mol. The second kappa shape index (κ2) is 9.68. The molecule has 1 aromatic heterocycles. The lowest BCUT2D eigenvalue weighted by Crippen LogP contribution is -2.41. The lowest BCUT2D eigenvalue weighted by molar-refractivity contribution is -0.134. The van der Waals surface area contributed by atoms with Crippen molar-refractivity contribution < 1.29 is 14.3 Å². The molecule has 1 fully saturated rings. The topological polar surface area (TPSA) is 71.5 Å². The number of halogens is 1. The van der Waals surface area contributed by atoms with Crippen LogP contribution in [0.3, 0.4) is 0 Å². The first-order valence-electron chi connectivity index (χ1n) is 9.53. The molecular formula is C21H24BrN3O3. The summed E-state index contributed by atoms with van der Waals surface area (Å²) in [6, 6.07) is 11.0. The normalized spacial score (nSPS) is 14.6. The first kappa shape index (κ1) is 20.3. The number of hydrogen-bond acceptors (Lipinski definition) is 4. The minimum atomic E-state index is -0.0803. The number of piperidine rings is 1. The molecule has 0 radical (unpaired) electrons. The summed E-state index contributed by atoms with van der Waals surface area (Å²) < 4.78 is 6.63. The monoisotopic (exact) mass is 445 g/mol. The van der Waals surface area contributed by atoms with Gasteiger partial charge in [-0.3, -0.25) is 9.59 Å². The highest BCUT2D eigenvalue weighted by molar-refractivity contribution is 9.10. The molecule has 1 aromatic carbocycles. The molecule has 28 heavy (non-hydrogen) atoms. The molecule has 2 heterocycles. The number of aromatic nitrogens is 1. The van der Waals surface area contributed by atoms with E-state index in [4.69, 9.17) is 4.74 Å². The highest BCUT2D eigenvalue weighted by atomic mass is 79.9. The Hall–Kier alpha value is -2.41. The summed E-state index contributed by atoms with van der Waals surface area (Å²) in [6.45, 7) is 3.30. The van der Waals surface area contributed by atoms with E-state index in [-0.39, 0.29) is 17.7 Å². The Bertz CT molecular complexity index is 818. The third kappa shape index (κ3) is 5.55. The number of anilines is 1. The SMILES string of the molecule is CCCC(=O)N1CCC(C(=O)Nc2ccc(Oc3cccc(Br)c3)nc2)CC1. The van der Waals surface area contributed by atoms with Crippen LogP contribution in [0.5, 0.6) is 11.6 Å². The van der Waals surface area contributed by atoms with Gasteiger partial charge in [-0.25, -0.2) is 4.98 Å². The number of likely N-dealkylation sites (tertiary alicyclic amines) is 1. The highest BCUT2D eigenvalue weighted by Gasteiger charge is 2.27. The van der Waals surface area contributed by atoms with E-state index in [0.717, 1.165) is 10.9 Å². The maximum Gasteiger partial charge on any atom is 0.227 e. The van der Waals surface area contributed by atoms with Crippen LogP contribution in [0.15, 0.2) is 47.1 Å². The summed E-state index contributed by atoms with van der Waals surface area (Å²) in [5, 5.41) is 2.91. The Balaban J connectivity index is 1.50. The number of carbonyl (C=O) groups excluding carboxylic acids is 2. The van der Waals surface area contributed by atoms with Crippen molar-refractivity contribution in [1.82, 2.24) is 9.88 Å². The van der Waals surface area contributed by atoms with Crippen molar-refractivity contribution in [3.05, 3.63) is 47.1 Å². The number of nitrogens with zero attached hydrogens (tertiary/aromatic N) is 2. The zero-order chi connectivity index (χ0) is 19.9. The predicted molar refractivity (Wildman–Crippen MR) is 111 cm³/mol. The minimum absolute atomic E-state index is 0.0231. The van der Waals surface area contributed by atoms with Crippen LogP contribution in [0.1, 0.15) is 32.6 Å². The largest absolute Gasteiger partial charge is 0.439 e. The van der Waals surface area contributed by atoms with Crippen LogP contribution in [0, 0.1) is 5.92 Å². The van der Waals surface area contributed by atoms with Crippen LogP contribution in [0.25, 0.3) is 0 Å². The molecule has 0 bridgehead atoms. The van der Waals surface area contributed by atoms with Crippen molar-refractivity contribution in [3.8, 4) is 11.6 Å². The third-order valence-corrected chi connectivity index (χ3v) is 5.20. The van der Waals surface area contributed by atoms with Gasteiger partial charge in [-0.1, -0.05) is 28.9 Å². The molecular weight excluding hydrogens is 422 g/mol. The van der Waals surface area contributed by atoms with Gasteiger partial charge in [-0.05, 0) is 43.5 Å². The van der Waals surface area contributed by atoms with Gasteiger partial charge in [0.25, 0.3) is 0 Å². The van der Waals surface area contributed by atoms with Crippen molar-refractivity contribution in [2.75, 3.05) is 18.4 Å². The Labute approximate surface area is 173 Å². The highest BCUT2D eigenvalue weighted by Crippen LogP contribution is 2.24. The van der Waals surface area contributed by atoms with Crippen LogP contribution in [0.2, 0.25) is 0 Å². The summed E-state index contributed by atoms with van der Waals surface area (Å²) in [7, 11) is 0. The predicted octanol–water partition coefficient (Wildman–Crippen LogP) is 4.61. The fraction of sp³-hybridized carbons (Fsp3) is 0.381. The molecule has 3 rings (SSSR count). The first-order chi connectivity index (χ1) is 13.5. The van der Waals surface area contributed by atoms with Gasteiger partial charge in [-0.2, -0.15) is 0 Å². The van der Waals surface area contributed by atoms with E-state index in [2.05, 4.69) is 26.2 Å². The average Bonchev–Trinajstić information content (AvgIpc) is 2.70. The molecule has 0 atom stereocenters. The summed E-state index contributed by atoms with van der Waals surface area (Å²) in [6.07, 6.45) is 4.41. The van der Waals surface area contributed by atoms with Crippen LogP contribution in [-0.4, -0.2) is 34.8 Å². The molecule has 1 saturated heterocycles. The van der Waals surface area contributed by atoms with Crippen molar-refractivity contribution in [3.63, 3.8) is 0 Å². The molecule has 0 saturated carbocycles. The van der Waals surface area contributed by atoms with Crippen LogP contribution < -0.4 is 10.1 Å². The van der Waals surface area contributed by atoms with Gasteiger partial charge < -0.3 is 15.0 Å². The van der Waals surface area contributed by atoms with E-state index < -0.39 is 0 Å². The van der Waals surface area contributed by atoms with Crippen LogP contribution in [-0.2, 0) is 9.59 Å². The van der Waals surface area contributed by atoms with E-state index in [1.165, 1.54) is 0 Å². The number of hydrogen-bond donors (Lipinski definition) is 1. The number of carbonyl (C=O) groups is 2. The summed E-state index contributed by atoms with van der Waals surface area (Å²) in [4.78, 5) is 30.6. The second-order valence-electron chi connectivity index (χ2n) is 6.84. The van der Waals surface area contributed by atoms with Gasteiger partial charge in [0.1, 0.15) is 5.75 Å². The molecule has 6 nitrogen and oxygen atoms in total. The Morgan fingerprint density at radius 3 is 2.68 bits per heavy atom. The molecule has 0 aliphatic carbocycles. The van der Waals surface area contributed by atoms with Gasteiger partial charge in [-0.15, -0.1) is 0 Å². The van der Waals surface area contributed by atoms with Gasteiger partial charge in [0.15, 0.2) is 0 Å². The fourth-order valence-corrected chi connectivity index (χ4v) is 3.55. The minimum Gasteiger partial charge on any atom is -0.439 e. The lowest BCUT2D eigenvalue weighted by Gasteiger charge is -2.31. The van der Waals surface area contributed by atoms with E-state index >= 15 is 0 Å². The molecule has 0 spiro atoms. The fourth-order valence-electron chi connectivity index (χ4n) is 3.17. The molecule has 7 heteroatoms. The number of amides is 2. The summed E-state index contributed by atoms with van der Waals surface area (Å²) in [5.74, 6) is 1.22. The van der Waals surface area contributed by atoms with Gasteiger partial charge >= 0.3 is 0 Å². The van der Waals surface area contributed by atoms with Crippen molar-refractivity contribution in [1.29, 1.82) is 0 Å². The molecule has 148 valence electrons. The second-order valence-corrected chi connectivity index (χ2v) is 7.75. The van der Waals surface area contributed by atoms with Crippen molar-refractivity contribution >= 4 is 33.4 Å². The third-order valence-electron chi connectivity index (χ3n) is 4.70. The molecule has 1 N–H and O–H groups in total. The van der Waals surface area contributed by atoms with E-state index in [1.54, 1.807) is 18.3 Å². The Morgan fingerprint density at radius 1 is 1.25 bits per heavy atom. The lowest BCUT2D eigenvalue weighted by atomic mass is 9.95. The molecule has 2 amide bonds. The molecule has 1 aliphatic heterocycles. The number of pyridine rings is 1. The van der Waals surface area contributed by atoms with Gasteiger partial charge in [0.2, 0.25) is 17.7 Å². The standard InChI is InChI=1S/C21H24BrN3O3/c1-2-4-20(26)25-11-9-15(10-12-25)21(27)24-17-7-8-19(23-14-17)28-18-6-3-5-16(22)13-18/h3,5-8,13-15H,2,4,9-12H2,1H3,(H,24,27). The summed E-state index contributed by atoms with van der Waals surface area (Å²) >= 11 is 3.40. The van der Waals surface area contributed by atoms with Crippen molar-refractivity contribution in [2.45, 2.75) is 32.6 Å². The maximum absolute atomic E-state index is 12.5.